The minimum atomic E-state index is -1.93. The summed E-state index contributed by atoms with van der Waals surface area (Å²) in [5.74, 6) is -1.05. The van der Waals surface area contributed by atoms with E-state index in [0.29, 0.717) is 0 Å². The van der Waals surface area contributed by atoms with Gasteiger partial charge in [0, 0.05) is 0 Å². The summed E-state index contributed by atoms with van der Waals surface area (Å²) < 4.78 is 0. The van der Waals surface area contributed by atoms with Crippen LogP contribution in [0.2, 0.25) is 18.1 Å². The van der Waals surface area contributed by atoms with Gasteiger partial charge in [0.05, 0.1) is 0 Å². The molecule has 1 unspecified atom stereocenters. The first kappa shape index (κ1) is 11.6. The number of hydrogen-bond acceptors (Lipinski definition) is 2. The van der Waals surface area contributed by atoms with E-state index in [-0.39, 0.29) is 0 Å². The van der Waals surface area contributed by atoms with Crippen molar-refractivity contribution in [2.24, 2.45) is 0 Å². The Balaban J connectivity index is 4.58. The third-order valence-electron chi connectivity index (χ3n) is 2.93. The highest BCUT2D eigenvalue weighted by molar-refractivity contribution is 6.83. The van der Waals surface area contributed by atoms with Crippen LogP contribution in [0.3, 0.4) is 0 Å². The standard InChI is InChI=1S/C8H18O3Si/c1-4-12(5-2,6-3)8(11)7(9)10/h8,11H,4-6H2,1-3H3,(H,9,10). The molecule has 12 heavy (non-hydrogen) atoms. The second kappa shape index (κ2) is 4.62. The molecule has 0 amide bonds. The molecule has 0 fully saturated rings. The maximum Gasteiger partial charge on any atom is 0.329 e. The van der Waals surface area contributed by atoms with Crippen molar-refractivity contribution < 1.29 is 15.0 Å². The van der Waals surface area contributed by atoms with E-state index in [2.05, 4.69) is 0 Å². The SMILES string of the molecule is CC[Si](CC)(CC)C(O)C(=O)O. The van der Waals surface area contributed by atoms with Gasteiger partial charge in [0.1, 0.15) is 13.8 Å². The molecule has 0 saturated carbocycles. The van der Waals surface area contributed by atoms with Crippen molar-refractivity contribution in [3.63, 3.8) is 0 Å². The molecule has 0 bridgehead atoms. The molecule has 0 aliphatic heterocycles. The van der Waals surface area contributed by atoms with E-state index in [9.17, 15) is 9.90 Å². The van der Waals surface area contributed by atoms with Gasteiger partial charge in [-0.2, -0.15) is 0 Å². The number of aliphatic hydroxyl groups is 1. The Morgan fingerprint density at radius 3 is 1.67 bits per heavy atom. The number of rotatable bonds is 5. The molecule has 1 atom stereocenters. The Bertz CT molecular complexity index is 146. The van der Waals surface area contributed by atoms with Crippen LogP contribution in [0, 0.1) is 0 Å². The van der Waals surface area contributed by atoms with E-state index in [1.165, 1.54) is 0 Å². The zero-order valence-electron chi connectivity index (χ0n) is 8.00. The molecule has 0 aliphatic carbocycles. The molecule has 0 rings (SSSR count). The van der Waals surface area contributed by atoms with Crippen LogP contribution >= 0.6 is 0 Å². The number of aliphatic hydroxyl groups excluding tert-OH is 1. The Morgan fingerprint density at radius 1 is 1.25 bits per heavy atom. The predicted molar refractivity (Wildman–Crippen MR) is 50.8 cm³/mol. The van der Waals surface area contributed by atoms with Crippen LogP contribution in [0.4, 0.5) is 0 Å². The quantitative estimate of drug-likeness (QED) is 0.646. The molecule has 0 spiro atoms. The Labute approximate surface area is 74.4 Å². The number of carboxylic acid groups (broad SMARTS) is 1. The summed E-state index contributed by atoms with van der Waals surface area (Å²) in [6.07, 6.45) is 0. The maximum atomic E-state index is 10.6. The van der Waals surface area contributed by atoms with Gasteiger partial charge in [-0.25, -0.2) is 4.79 Å². The average molecular weight is 190 g/mol. The summed E-state index contributed by atoms with van der Waals surface area (Å²) in [4.78, 5) is 10.6. The number of carboxylic acids is 1. The van der Waals surface area contributed by atoms with Crippen molar-refractivity contribution >= 4 is 14.0 Å². The molecule has 3 nitrogen and oxygen atoms in total. The normalized spacial score (nSPS) is 14.3. The highest BCUT2D eigenvalue weighted by Gasteiger charge is 2.39. The maximum absolute atomic E-state index is 10.6. The third kappa shape index (κ3) is 2.07. The molecule has 0 heterocycles. The van der Waals surface area contributed by atoms with Crippen LogP contribution in [-0.4, -0.2) is 30.0 Å². The molecule has 72 valence electrons. The predicted octanol–water partition coefficient (Wildman–Crippen LogP) is 1.48. The van der Waals surface area contributed by atoms with E-state index in [1.807, 2.05) is 20.8 Å². The van der Waals surface area contributed by atoms with E-state index >= 15 is 0 Å². The summed E-state index contributed by atoms with van der Waals surface area (Å²) in [6.45, 7) is 5.93. The molecule has 0 aliphatic rings. The second-order valence-electron chi connectivity index (χ2n) is 3.16. The van der Waals surface area contributed by atoms with Crippen LogP contribution in [0.15, 0.2) is 0 Å². The fourth-order valence-corrected chi connectivity index (χ4v) is 4.78. The second-order valence-corrected chi connectivity index (χ2v) is 8.56. The fraction of sp³-hybridized carbons (Fsp3) is 0.875. The van der Waals surface area contributed by atoms with Crippen LogP contribution in [0.25, 0.3) is 0 Å². The lowest BCUT2D eigenvalue weighted by molar-refractivity contribution is -0.142. The molecular weight excluding hydrogens is 172 g/mol. The van der Waals surface area contributed by atoms with Gasteiger partial charge in [-0.05, 0) is 0 Å². The summed E-state index contributed by atoms with van der Waals surface area (Å²) in [5.41, 5.74) is -1.09. The van der Waals surface area contributed by atoms with Gasteiger partial charge in [0.25, 0.3) is 0 Å². The van der Waals surface area contributed by atoms with Gasteiger partial charge in [-0.15, -0.1) is 0 Å². The molecule has 2 N–H and O–H groups in total. The smallest absolute Gasteiger partial charge is 0.329 e. The fourth-order valence-electron chi connectivity index (χ4n) is 1.59. The largest absolute Gasteiger partial charge is 0.480 e. The van der Waals surface area contributed by atoms with Crippen LogP contribution in [0.5, 0.6) is 0 Å². The summed E-state index contributed by atoms with van der Waals surface area (Å²) >= 11 is 0. The molecule has 0 aromatic carbocycles. The van der Waals surface area contributed by atoms with E-state index in [4.69, 9.17) is 5.11 Å². The molecule has 0 saturated heterocycles. The van der Waals surface area contributed by atoms with Crippen molar-refractivity contribution in [2.45, 2.75) is 44.6 Å². The minimum absolute atomic E-state index is 0.841. The topological polar surface area (TPSA) is 57.5 Å². The van der Waals surface area contributed by atoms with Crippen molar-refractivity contribution in [3.05, 3.63) is 0 Å². The number of carbonyl (C=O) groups is 1. The Morgan fingerprint density at radius 2 is 1.58 bits per heavy atom. The molecule has 0 aromatic rings. The van der Waals surface area contributed by atoms with E-state index in [0.717, 1.165) is 18.1 Å². The van der Waals surface area contributed by atoms with Gasteiger partial charge in [0.2, 0.25) is 0 Å². The van der Waals surface area contributed by atoms with Crippen LogP contribution in [-0.2, 0) is 4.79 Å². The first-order valence-electron chi connectivity index (χ1n) is 4.45. The van der Waals surface area contributed by atoms with Crippen molar-refractivity contribution in [3.8, 4) is 0 Å². The monoisotopic (exact) mass is 190 g/mol. The van der Waals surface area contributed by atoms with Gasteiger partial charge in [-0.1, -0.05) is 38.9 Å². The summed E-state index contributed by atoms with van der Waals surface area (Å²) in [7, 11) is -1.93. The van der Waals surface area contributed by atoms with E-state index < -0.39 is 19.8 Å². The van der Waals surface area contributed by atoms with Crippen molar-refractivity contribution in [1.29, 1.82) is 0 Å². The van der Waals surface area contributed by atoms with Gasteiger partial charge in [-0.3, -0.25) is 0 Å². The lowest BCUT2D eigenvalue weighted by Crippen LogP contribution is -2.50. The molecule has 4 heteroatoms. The Kier molecular flexibility index (Phi) is 4.48. The molecule has 0 aromatic heterocycles. The van der Waals surface area contributed by atoms with Crippen molar-refractivity contribution in [2.75, 3.05) is 0 Å². The summed E-state index contributed by atoms with van der Waals surface area (Å²) in [5, 5.41) is 18.2. The molecule has 0 radical (unpaired) electrons. The molecular formula is C8H18O3Si. The van der Waals surface area contributed by atoms with Crippen LogP contribution < -0.4 is 0 Å². The van der Waals surface area contributed by atoms with Gasteiger partial charge < -0.3 is 10.2 Å². The van der Waals surface area contributed by atoms with Gasteiger partial charge >= 0.3 is 5.97 Å². The van der Waals surface area contributed by atoms with E-state index in [1.54, 1.807) is 0 Å². The number of hydrogen-bond donors (Lipinski definition) is 2. The number of aliphatic carboxylic acids is 1. The van der Waals surface area contributed by atoms with Gasteiger partial charge in [0.15, 0.2) is 0 Å². The average Bonchev–Trinajstić information content (AvgIpc) is 2.08. The highest BCUT2D eigenvalue weighted by atomic mass is 28.3. The van der Waals surface area contributed by atoms with Crippen molar-refractivity contribution in [1.82, 2.24) is 0 Å². The third-order valence-corrected chi connectivity index (χ3v) is 8.56. The zero-order chi connectivity index (χ0) is 9.78. The van der Waals surface area contributed by atoms with Crippen LogP contribution in [0.1, 0.15) is 20.8 Å². The highest BCUT2D eigenvalue weighted by Crippen LogP contribution is 2.24. The lowest BCUT2D eigenvalue weighted by Gasteiger charge is -2.30. The Hall–Kier alpha value is -0.353. The zero-order valence-corrected chi connectivity index (χ0v) is 9.00. The first-order valence-corrected chi connectivity index (χ1v) is 7.14. The summed E-state index contributed by atoms with van der Waals surface area (Å²) in [6, 6.07) is 2.52. The minimum Gasteiger partial charge on any atom is -0.480 e. The lowest BCUT2D eigenvalue weighted by atomic mass is 10.7. The first-order chi connectivity index (χ1) is 5.54.